The molecule has 0 radical (unpaired) electrons. The fourth-order valence-corrected chi connectivity index (χ4v) is 2.02. The van der Waals surface area contributed by atoms with E-state index in [1.807, 2.05) is 0 Å². The second-order valence-corrected chi connectivity index (χ2v) is 4.50. The second-order valence-electron chi connectivity index (χ2n) is 4.50. The number of carboxylic acids is 1. The summed E-state index contributed by atoms with van der Waals surface area (Å²) in [6, 6.07) is 5.42. The Morgan fingerprint density at radius 3 is 2.53 bits per heavy atom. The summed E-state index contributed by atoms with van der Waals surface area (Å²) in [5, 5.41) is 22.2. The quantitative estimate of drug-likeness (QED) is 0.489. The molecule has 0 spiro atoms. The Hall–Kier alpha value is -2.44. The molecule has 0 aromatic heterocycles. The van der Waals surface area contributed by atoms with Crippen LogP contribution in [0, 0.1) is 15.5 Å². The zero-order valence-corrected chi connectivity index (χ0v) is 9.96. The van der Waals surface area contributed by atoms with Crippen LogP contribution in [0.2, 0.25) is 0 Å². The van der Waals surface area contributed by atoms with Gasteiger partial charge in [-0.2, -0.15) is 0 Å². The molecular weight excluding hydrogens is 252 g/mol. The Labute approximate surface area is 108 Å². The fraction of sp³-hybridized carbons (Fsp3) is 0.333. The van der Waals surface area contributed by atoms with Crippen LogP contribution >= 0.6 is 0 Å². The number of benzene rings is 1. The highest BCUT2D eigenvalue weighted by Crippen LogP contribution is 2.42. The number of nitrogens with one attached hydrogen (secondary N) is 1. The van der Waals surface area contributed by atoms with Crippen molar-refractivity contribution in [2.75, 3.05) is 5.32 Å². The van der Waals surface area contributed by atoms with Crippen molar-refractivity contribution in [2.45, 2.75) is 19.3 Å². The minimum atomic E-state index is -1.38. The normalized spacial score (nSPS) is 16.2. The molecule has 7 heteroatoms. The van der Waals surface area contributed by atoms with E-state index in [1.54, 1.807) is 0 Å². The van der Waals surface area contributed by atoms with Gasteiger partial charge in [-0.25, -0.2) is 0 Å². The molecule has 19 heavy (non-hydrogen) atoms. The first-order chi connectivity index (χ1) is 8.95. The van der Waals surface area contributed by atoms with Gasteiger partial charge in [0.15, 0.2) is 0 Å². The SMILES string of the molecule is O=C(O)C1(C(=O)Nc2cccc([N+](=O)[O-])c2)CCC1. The predicted octanol–water partition coefficient (Wildman–Crippen LogP) is 1.79. The predicted molar refractivity (Wildman–Crippen MR) is 65.6 cm³/mol. The molecule has 2 rings (SSSR count). The highest BCUT2D eigenvalue weighted by molar-refractivity contribution is 6.09. The average molecular weight is 264 g/mol. The lowest BCUT2D eigenvalue weighted by Crippen LogP contribution is -2.48. The number of aliphatic carboxylic acids is 1. The van der Waals surface area contributed by atoms with Gasteiger partial charge in [0.2, 0.25) is 5.91 Å². The van der Waals surface area contributed by atoms with Gasteiger partial charge in [0, 0.05) is 17.8 Å². The van der Waals surface area contributed by atoms with Crippen molar-refractivity contribution in [3.63, 3.8) is 0 Å². The molecule has 1 saturated carbocycles. The first-order valence-electron chi connectivity index (χ1n) is 5.75. The lowest BCUT2D eigenvalue weighted by Gasteiger charge is -2.35. The molecule has 0 bridgehead atoms. The fourth-order valence-electron chi connectivity index (χ4n) is 2.02. The van der Waals surface area contributed by atoms with Gasteiger partial charge in [-0.15, -0.1) is 0 Å². The van der Waals surface area contributed by atoms with Gasteiger partial charge in [-0.05, 0) is 18.9 Å². The van der Waals surface area contributed by atoms with Crippen LogP contribution in [0.25, 0.3) is 0 Å². The molecule has 0 unspecified atom stereocenters. The number of hydrogen-bond donors (Lipinski definition) is 2. The number of carbonyl (C=O) groups is 2. The van der Waals surface area contributed by atoms with Gasteiger partial charge in [-0.1, -0.05) is 12.5 Å². The van der Waals surface area contributed by atoms with Crippen molar-refractivity contribution >= 4 is 23.3 Å². The van der Waals surface area contributed by atoms with Gasteiger partial charge in [-0.3, -0.25) is 19.7 Å². The zero-order valence-electron chi connectivity index (χ0n) is 9.96. The summed E-state index contributed by atoms with van der Waals surface area (Å²) in [4.78, 5) is 33.2. The number of amides is 1. The molecule has 1 aliphatic carbocycles. The first kappa shape index (κ1) is 13.0. The van der Waals surface area contributed by atoms with E-state index in [4.69, 9.17) is 5.11 Å². The zero-order chi connectivity index (χ0) is 14.0. The number of nitro groups is 1. The Balaban J connectivity index is 2.17. The van der Waals surface area contributed by atoms with Crippen molar-refractivity contribution in [1.29, 1.82) is 0 Å². The molecule has 0 aliphatic heterocycles. The van der Waals surface area contributed by atoms with E-state index in [2.05, 4.69) is 5.32 Å². The molecule has 0 atom stereocenters. The number of non-ortho nitro benzene ring substituents is 1. The number of anilines is 1. The smallest absolute Gasteiger partial charge is 0.319 e. The van der Waals surface area contributed by atoms with E-state index in [1.165, 1.54) is 24.3 Å². The largest absolute Gasteiger partial charge is 0.480 e. The van der Waals surface area contributed by atoms with Gasteiger partial charge < -0.3 is 10.4 Å². The van der Waals surface area contributed by atoms with Crippen LogP contribution in [0.1, 0.15) is 19.3 Å². The van der Waals surface area contributed by atoms with Crippen LogP contribution in [0.15, 0.2) is 24.3 Å². The molecule has 1 aromatic rings. The van der Waals surface area contributed by atoms with E-state index in [-0.39, 0.29) is 11.4 Å². The number of nitrogens with zero attached hydrogens (tertiary/aromatic N) is 1. The van der Waals surface area contributed by atoms with Gasteiger partial charge in [0.1, 0.15) is 5.41 Å². The Morgan fingerprint density at radius 2 is 2.05 bits per heavy atom. The molecular formula is C12H12N2O5. The van der Waals surface area contributed by atoms with Crippen molar-refractivity contribution in [3.8, 4) is 0 Å². The maximum atomic E-state index is 12.0. The monoisotopic (exact) mass is 264 g/mol. The van der Waals surface area contributed by atoms with Crippen LogP contribution in [-0.2, 0) is 9.59 Å². The minimum absolute atomic E-state index is 0.157. The van der Waals surface area contributed by atoms with Crippen molar-refractivity contribution in [2.24, 2.45) is 5.41 Å². The van der Waals surface area contributed by atoms with Crippen LogP contribution in [-0.4, -0.2) is 21.9 Å². The molecule has 1 aromatic carbocycles. The lowest BCUT2D eigenvalue weighted by molar-refractivity contribution is -0.384. The molecule has 0 saturated heterocycles. The third kappa shape index (κ3) is 2.26. The molecule has 7 nitrogen and oxygen atoms in total. The third-order valence-electron chi connectivity index (χ3n) is 3.37. The van der Waals surface area contributed by atoms with Crippen LogP contribution in [0.3, 0.4) is 0 Å². The van der Waals surface area contributed by atoms with E-state index in [9.17, 15) is 19.7 Å². The molecule has 1 aliphatic rings. The topological polar surface area (TPSA) is 110 Å². The summed E-state index contributed by atoms with van der Waals surface area (Å²) in [6.07, 6.45) is 1.28. The molecule has 0 heterocycles. The molecule has 1 fully saturated rings. The van der Waals surface area contributed by atoms with Gasteiger partial charge in [0.25, 0.3) is 5.69 Å². The highest BCUT2D eigenvalue weighted by atomic mass is 16.6. The number of carboxylic acid groups (broad SMARTS) is 1. The number of nitro benzene ring substituents is 1. The van der Waals surface area contributed by atoms with E-state index >= 15 is 0 Å². The van der Waals surface area contributed by atoms with Crippen LogP contribution < -0.4 is 5.32 Å². The molecule has 2 N–H and O–H groups in total. The highest BCUT2D eigenvalue weighted by Gasteiger charge is 2.51. The minimum Gasteiger partial charge on any atom is -0.480 e. The summed E-state index contributed by atoms with van der Waals surface area (Å²) in [5.74, 6) is -1.77. The summed E-state index contributed by atoms with van der Waals surface area (Å²) in [7, 11) is 0. The Kier molecular flexibility index (Phi) is 3.20. The van der Waals surface area contributed by atoms with E-state index in [0.717, 1.165) is 0 Å². The number of hydrogen-bond acceptors (Lipinski definition) is 4. The Morgan fingerprint density at radius 1 is 1.37 bits per heavy atom. The second kappa shape index (κ2) is 4.68. The van der Waals surface area contributed by atoms with Crippen molar-refractivity contribution < 1.29 is 19.6 Å². The summed E-state index contributed by atoms with van der Waals surface area (Å²) >= 11 is 0. The Bertz CT molecular complexity index is 551. The number of rotatable bonds is 4. The first-order valence-corrected chi connectivity index (χ1v) is 5.75. The van der Waals surface area contributed by atoms with Crippen molar-refractivity contribution in [1.82, 2.24) is 0 Å². The maximum Gasteiger partial charge on any atom is 0.319 e. The van der Waals surface area contributed by atoms with Gasteiger partial charge >= 0.3 is 5.97 Å². The molecule has 100 valence electrons. The van der Waals surface area contributed by atoms with Gasteiger partial charge in [0.05, 0.1) is 4.92 Å². The third-order valence-corrected chi connectivity index (χ3v) is 3.37. The standard InChI is InChI=1S/C12H12N2O5/c15-10(12(11(16)17)5-2-6-12)13-8-3-1-4-9(7-8)14(18)19/h1,3-4,7H,2,5-6H2,(H,13,15)(H,16,17). The van der Waals surface area contributed by atoms with Crippen LogP contribution in [0.5, 0.6) is 0 Å². The summed E-state index contributed by atoms with van der Waals surface area (Å²) in [6.45, 7) is 0. The van der Waals surface area contributed by atoms with Crippen molar-refractivity contribution in [3.05, 3.63) is 34.4 Å². The van der Waals surface area contributed by atoms with Crippen LogP contribution in [0.4, 0.5) is 11.4 Å². The van der Waals surface area contributed by atoms with E-state index < -0.39 is 22.2 Å². The lowest BCUT2D eigenvalue weighted by atomic mass is 9.68. The number of carbonyl (C=O) groups excluding carboxylic acids is 1. The molecule has 1 amide bonds. The van der Waals surface area contributed by atoms with E-state index in [0.29, 0.717) is 19.3 Å². The summed E-state index contributed by atoms with van der Waals surface area (Å²) in [5.41, 5.74) is -1.31. The maximum absolute atomic E-state index is 12.0. The average Bonchev–Trinajstić information content (AvgIpc) is 2.26. The summed E-state index contributed by atoms with van der Waals surface area (Å²) < 4.78 is 0.